The number of piperazine rings is 1. The van der Waals surface area contributed by atoms with Crippen LogP contribution in [0.25, 0.3) is 0 Å². The van der Waals surface area contributed by atoms with Crippen LogP contribution in [-0.2, 0) is 4.79 Å². The van der Waals surface area contributed by atoms with Gasteiger partial charge in [-0.2, -0.15) is 0 Å². The second-order valence-electron chi connectivity index (χ2n) is 4.24. The maximum Gasteiger partial charge on any atom is 0.242 e. The van der Waals surface area contributed by atoms with Gasteiger partial charge in [-0.05, 0) is 19.2 Å². The van der Waals surface area contributed by atoms with Gasteiger partial charge in [0.05, 0.1) is 11.7 Å². The predicted molar refractivity (Wildman–Crippen MR) is 64.3 cm³/mol. The van der Waals surface area contributed by atoms with Gasteiger partial charge in [0.1, 0.15) is 5.82 Å². The van der Waals surface area contributed by atoms with Crippen LogP contribution in [0.15, 0.2) is 24.3 Å². The van der Waals surface area contributed by atoms with E-state index in [1.807, 2.05) is 7.05 Å². The smallest absolute Gasteiger partial charge is 0.242 e. The number of benzene rings is 1. The molecule has 1 aliphatic rings. The molecule has 4 nitrogen and oxygen atoms in total. The Hall–Kier alpha value is -1.46. The average molecular weight is 237 g/mol. The van der Waals surface area contributed by atoms with Crippen LogP contribution in [0, 0.1) is 5.82 Å². The first-order valence-electron chi connectivity index (χ1n) is 5.64. The lowest BCUT2D eigenvalue weighted by Crippen LogP contribution is -2.54. The number of para-hydroxylation sites is 1. The lowest BCUT2D eigenvalue weighted by molar-refractivity contribution is -0.119. The molecule has 0 saturated carbocycles. The molecule has 2 N–H and O–H groups in total. The number of halogens is 1. The van der Waals surface area contributed by atoms with Crippen LogP contribution < -0.4 is 10.6 Å². The van der Waals surface area contributed by atoms with Crippen molar-refractivity contribution < 1.29 is 9.18 Å². The third-order valence-corrected chi connectivity index (χ3v) is 2.83. The molecule has 0 aliphatic carbocycles. The molecule has 1 atom stereocenters. The van der Waals surface area contributed by atoms with Crippen molar-refractivity contribution in [1.29, 1.82) is 0 Å². The van der Waals surface area contributed by atoms with Gasteiger partial charge in [-0.25, -0.2) is 4.39 Å². The summed E-state index contributed by atoms with van der Waals surface area (Å²) in [5.74, 6) is -0.605. The van der Waals surface area contributed by atoms with E-state index in [4.69, 9.17) is 0 Å². The van der Waals surface area contributed by atoms with E-state index in [1.165, 1.54) is 6.07 Å². The Balaban J connectivity index is 1.99. The fraction of sp³-hybridized carbons (Fsp3) is 0.417. The van der Waals surface area contributed by atoms with Gasteiger partial charge in [0.2, 0.25) is 5.91 Å². The van der Waals surface area contributed by atoms with Crippen molar-refractivity contribution in [1.82, 2.24) is 10.2 Å². The van der Waals surface area contributed by atoms with E-state index in [0.717, 1.165) is 13.1 Å². The van der Waals surface area contributed by atoms with Crippen LogP contribution in [0.2, 0.25) is 0 Å². The van der Waals surface area contributed by atoms with E-state index < -0.39 is 5.82 Å². The van der Waals surface area contributed by atoms with E-state index >= 15 is 0 Å². The summed E-state index contributed by atoms with van der Waals surface area (Å²) in [5.41, 5.74) is 0.229. The van der Waals surface area contributed by atoms with Gasteiger partial charge in [-0.15, -0.1) is 0 Å². The number of carbonyl (C=O) groups excluding carboxylic acids is 1. The molecular formula is C12H16FN3O. The minimum absolute atomic E-state index is 0.193. The van der Waals surface area contributed by atoms with Gasteiger partial charge in [0, 0.05) is 19.6 Å². The zero-order valence-corrected chi connectivity index (χ0v) is 9.74. The van der Waals surface area contributed by atoms with Crippen molar-refractivity contribution in [3.05, 3.63) is 30.1 Å². The number of nitrogens with zero attached hydrogens (tertiary/aromatic N) is 1. The van der Waals surface area contributed by atoms with Gasteiger partial charge in [0.25, 0.3) is 0 Å². The molecule has 0 aromatic heterocycles. The zero-order chi connectivity index (χ0) is 12.3. The number of anilines is 1. The predicted octanol–water partition coefficient (Wildman–Crippen LogP) is 0.668. The molecule has 92 valence electrons. The van der Waals surface area contributed by atoms with Crippen molar-refractivity contribution in [3.63, 3.8) is 0 Å². The van der Waals surface area contributed by atoms with Gasteiger partial charge in [-0.1, -0.05) is 12.1 Å². The normalized spacial score (nSPS) is 21.2. The summed E-state index contributed by atoms with van der Waals surface area (Å²) in [6.45, 7) is 2.33. The van der Waals surface area contributed by atoms with Gasteiger partial charge >= 0.3 is 0 Å². The Morgan fingerprint density at radius 2 is 2.29 bits per heavy atom. The lowest BCUT2D eigenvalue weighted by Gasteiger charge is -2.29. The highest BCUT2D eigenvalue weighted by Gasteiger charge is 2.23. The Morgan fingerprint density at radius 1 is 1.53 bits per heavy atom. The molecule has 1 heterocycles. The highest BCUT2D eigenvalue weighted by atomic mass is 19.1. The SMILES string of the molecule is CN1CCNC(C(=O)Nc2ccccc2F)C1. The highest BCUT2D eigenvalue weighted by Crippen LogP contribution is 2.13. The number of nitrogens with one attached hydrogen (secondary N) is 2. The lowest BCUT2D eigenvalue weighted by atomic mass is 10.2. The standard InChI is InChI=1S/C12H16FN3O/c1-16-7-6-14-11(8-16)12(17)15-10-5-3-2-4-9(10)13/h2-5,11,14H,6-8H2,1H3,(H,15,17). The molecule has 17 heavy (non-hydrogen) atoms. The summed E-state index contributed by atoms with van der Waals surface area (Å²) < 4.78 is 13.3. The molecular weight excluding hydrogens is 221 g/mol. The summed E-state index contributed by atoms with van der Waals surface area (Å²) >= 11 is 0. The van der Waals surface area contributed by atoms with Crippen molar-refractivity contribution in [2.75, 3.05) is 32.0 Å². The Labute approximate surface area is 99.8 Å². The molecule has 2 rings (SSSR count). The Kier molecular flexibility index (Phi) is 3.71. The summed E-state index contributed by atoms with van der Waals surface area (Å²) in [6.07, 6.45) is 0. The Bertz CT molecular complexity index is 410. The fourth-order valence-corrected chi connectivity index (χ4v) is 1.86. The van der Waals surface area contributed by atoms with Crippen LogP contribution in [-0.4, -0.2) is 43.5 Å². The third-order valence-electron chi connectivity index (χ3n) is 2.83. The first-order valence-corrected chi connectivity index (χ1v) is 5.64. The summed E-state index contributed by atoms with van der Waals surface area (Å²) in [5, 5.41) is 5.71. The van der Waals surface area contributed by atoms with E-state index in [0.29, 0.717) is 6.54 Å². The molecule has 1 unspecified atom stereocenters. The minimum Gasteiger partial charge on any atom is -0.322 e. The average Bonchev–Trinajstić information content (AvgIpc) is 2.32. The fourth-order valence-electron chi connectivity index (χ4n) is 1.86. The molecule has 1 amide bonds. The van der Waals surface area contributed by atoms with E-state index in [-0.39, 0.29) is 17.6 Å². The highest BCUT2D eigenvalue weighted by molar-refractivity contribution is 5.95. The molecule has 1 aromatic carbocycles. The van der Waals surface area contributed by atoms with Gasteiger partial charge in [0.15, 0.2) is 0 Å². The quantitative estimate of drug-likeness (QED) is 0.794. The van der Waals surface area contributed by atoms with Crippen LogP contribution in [0.3, 0.4) is 0 Å². The zero-order valence-electron chi connectivity index (χ0n) is 9.74. The first-order chi connectivity index (χ1) is 8.16. The second-order valence-corrected chi connectivity index (χ2v) is 4.24. The maximum atomic E-state index is 13.3. The van der Waals surface area contributed by atoms with Crippen molar-refractivity contribution >= 4 is 11.6 Å². The Morgan fingerprint density at radius 3 is 3.00 bits per heavy atom. The maximum absolute atomic E-state index is 13.3. The van der Waals surface area contributed by atoms with E-state index in [1.54, 1.807) is 18.2 Å². The monoisotopic (exact) mass is 237 g/mol. The number of hydrogen-bond acceptors (Lipinski definition) is 3. The van der Waals surface area contributed by atoms with Gasteiger partial charge in [-0.3, -0.25) is 4.79 Å². The van der Waals surface area contributed by atoms with Gasteiger partial charge < -0.3 is 15.5 Å². The number of hydrogen-bond donors (Lipinski definition) is 2. The summed E-state index contributed by atoms with van der Waals surface area (Å²) in [7, 11) is 1.96. The number of carbonyl (C=O) groups is 1. The van der Waals surface area contributed by atoms with Crippen LogP contribution in [0.5, 0.6) is 0 Å². The van der Waals surface area contributed by atoms with Crippen LogP contribution in [0.1, 0.15) is 0 Å². The first kappa shape index (κ1) is 12.0. The van der Waals surface area contributed by atoms with E-state index in [2.05, 4.69) is 15.5 Å². The van der Waals surface area contributed by atoms with E-state index in [9.17, 15) is 9.18 Å². The van der Waals surface area contributed by atoms with Crippen molar-refractivity contribution in [2.45, 2.75) is 6.04 Å². The van der Waals surface area contributed by atoms with Crippen molar-refractivity contribution in [3.8, 4) is 0 Å². The molecule has 0 bridgehead atoms. The molecule has 0 radical (unpaired) electrons. The molecule has 0 spiro atoms. The minimum atomic E-state index is -0.412. The number of rotatable bonds is 2. The number of likely N-dealkylation sites (N-methyl/N-ethyl adjacent to an activating group) is 1. The third kappa shape index (κ3) is 3.01. The number of amides is 1. The summed E-state index contributed by atoms with van der Waals surface area (Å²) in [4.78, 5) is 14.0. The van der Waals surface area contributed by atoms with Crippen LogP contribution in [0.4, 0.5) is 10.1 Å². The second kappa shape index (κ2) is 5.25. The largest absolute Gasteiger partial charge is 0.322 e. The molecule has 1 aliphatic heterocycles. The van der Waals surface area contributed by atoms with Crippen LogP contribution >= 0.6 is 0 Å². The van der Waals surface area contributed by atoms with Crippen molar-refractivity contribution in [2.24, 2.45) is 0 Å². The summed E-state index contributed by atoms with van der Waals surface area (Å²) in [6, 6.07) is 5.89. The molecule has 5 heteroatoms. The topological polar surface area (TPSA) is 44.4 Å². The molecule has 1 fully saturated rings. The molecule has 1 saturated heterocycles. The molecule has 1 aromatic rings.